The van der Waals surface area contributed by atoms with Gasteiger partial charge in [0, 0.05) is 12.1 Å². The van der Waals surface area contributed by atoms with Crippen LogP contribution in [0.15, 0.2) is 35.1 Å². The number of carboxylic acid groups (broad SMARTS) is 1. The van der Waals surface area contributed by atoms with E-state index in [2.05, 4.69) is 15.3 Å². The van der Waals surface area contributed by atoms with Crippen molar-refractivity contribution < 1.29 is 14.7 Å². The maximum Gasteiger partial charge on any atom is 0.326 e. The van der Waals surface area contributed by atoms with Gasteiger partial charge in [0.1, 0.15) is 6.04 Å². The van der Waals surface area contributed by atoms with Crippen molar-refractivity contribution in [3.63, 3.8) is 0 Å². The Morgan fingerprint density at radius 1 is 1.26 bits per heavy atom. The first-order chi connectivity index (χ1) is 10.9. The van der Waals surface area contributed by atoms with Crippen LogP contribution in [0.25, 0.3) is 0 Å². The largest absolute Gasteiger partial charge is 0.480 e. The Hall–Kier alpha value is -2.96. The summed E-state index contributed by atoms with van der Waals surface area (Å²) in [6.45, 7) is 3.32. The zero-order valence-corrected chi connectivity index (χ0v) is 12.8. The molecule has 23 heavy (non-hydrogen) atoms. The van der Waals surface area contributed by atoms with Gasteiger partial charge in [0.05, 0.1) is 5.69 Å². The number of carbonyl (C=O) groups is 2. The molecule has 1 aromatic heterocycles. The number of aliphatic carboxylic acids is 1. The average molecular weight is 315 g/mol. The van der Waals surface area contributed by atoms with E-state index >= 15 is 0 Å². The lowest BCUT2D eigenvalue weighted by molar-refractivity contribution is -0.139. The van der Waals surface area contributed by atoms with Crippen molar-refractivity contribution in [3.05, 3.63) is 63.3 Å². The van der Waals surface area contributed by atoms with Gasteiger partial charge >= 0.3 is 5.97 Å². The molecular formula is C16H17N3O4. The molecule has 1 aromatic carbocycles. The summed E-state index contributed by atoms with van der Waals surface area (Å²) in [5.41, 5.74) is 0.847. The lowest BCUT2D eigenvalue weighted by atomic mass is 10.1. The Bertz CT molecular complexity index is 784. The fourth-order valence-electron chi connectivity index (χ4n) is 2.05. The van der Waals surface area contributed by atoms with Gasteiger partial charge in [-0.2, -0.15) is 0 Å². The van der Waals surface area contributed by atoms with E-state index in [0.717, 1.165) is 5.56 Å². The smallest absolute Gasteiger partial charge is 0.326 e. The van der Waals surface area contributed by atoms with Crippen molar-refractivity contribution in [1.82, 2.24) is 15.3 Å². The number of nitrogens with one attached hydrogen (secondary N) is 2. The summed E-state index contributed by atoms with van der Waals surface area (Å²) in [6.07, 6.45) is 0.116. The Balaban J connectivity index is 2.20. The number of aryl methyl sites for hydroxylation is 2. The van der Waals surface area contributed by atoms with Gasteiger partial charge in [-0.3, -0.25) is 9.59 Å². The number of nitrogens with zero attached hydrogens (tertiary/aromatic N) is 1. The molecule has 0 radical (unpaired) electrons. The van der Waals surface area contributed by atoms with Crippen molar-refractivity contribution in [1.29, 1.82) is 0 Å². The molecule has 0 fully saturated rings. The van der Waals surface area contributed by atoms with Gasteiger partial charge < -0.3 is 15.4 Å². The Morgan fingerprint density at radius 3 is 2.52 bits per heavy atom. The molecular weight excluding hydrogens is 298 g/mol. The minimum Gasteiger partial charge on any atom is -0.480 e. The van der Waals surface area contributed by atoms with Crippen LogP contribution in [0.1, 0.15) is 27.4 Å². The predicted molar refractivity (Wildman–Crippen MR) is 83.4 cm³/mol. The normalized spacial score (nSPS) is 11.7. The second-order valence-electron chi connectivity index (χ2n) is 5.18. The number of carbonyl (C=O) groups excluding carboxylic acids is 1. The van der Waals surface area contributed by atoms with Gasteiger partial charge in [0.25, 0.3) is 11.5 Å². The van der Waals surface area contributed by atoms with E-state index in [4.69, 9.17) is 0 Å². The van der Waals surface area contributed by atoms with E-state index in [1.165, 1.54) is 0 Å². The summed E-state index contributed by atoms with van der Waals surface area (Å²) in [5, 5.41) is 11.6. The van der Waals surface area contributed by atoms with Crippen LogP contribution in [0.3, 0.4) is 0 Å². The predicted octanol–water partition coefficient (Wildman–Crippen LogP) is 0.812. The van der Waals surface area contributed by atoms with Crippen LogP contribution in [0.2, 0.25) is 0 Å². The summed E-state index contributed by atoms with van der Waals surface area (Å²) in [7, 11) is 0. The minimum absolute atomic E-state index is 0.116. The van der Waals surface area contributed by atoms with Crippen molar-refractivity contribution in [3.8, 4) is 0 Å². The van der Waals surface area contributed by atoms with Crippen LogP contribution in [0.4, 0.5) is 0 Å². The van der Waals surface area contributed by atoms with Gasteiger partial charge in [-0.25, -0.2) is 9.78 Å². The Morgan fingerprint density at radius 2 is 1.91 bits per heavy atom. The fourth-order valence-corrected chi connectivity index (χ4v) is 2.05. The maximum absolute atomic E-state index is 12.2. The summed E-state index contributed by atoms with van der Waals surface area (Å²) in [5.74, 6) is -1.99. The molecule has 120 valence electrons. The van der Waals surface area contributed by atoms with E-state index in [1.807, 2.05) is 6.07 Å². The first-order valence-corrected chi connectivity index (χ1v) is 7.03. The standard InChI is InChI=1S/C16H17N3O4/c1-9-10(2)18-14(20)13(17-9)15(21)19-12(16(22)23)8-11-6-4-3-5-7-11/h3-7,12H,8H2,1-2H3,(H,18,20)(H,19,21)(H,22,23)/t12-/m0/s1. The summed E-state index contributed by atoms with van der Waals surface area (Å²) >= 11 is 0. The van der Waals surface area contributed by atoms with E-state index in [-0.39, 0.29) is 12.1 Å². The van der Waals surface area contributed by atoms with Crippen LogP contribution in [0.5, 0.6) is 0 Å². The molecule has 0 unspecified atom stereocenters. The highest BCUT2D eigenvalue weighted by Gasteiger charge is 2.23. The van der Waals surface area contributed by atoms with Crippen LogP contribution in [-0.4, -0.2) is 33.0 Å². The van der Waals surface area contributed by atoms with Crippen molar-refractivity contribution in [2.75, 3.05) is 0 Å². The maximum atomic E-state index is 12.2. The van der Waals surface area contributed by atoms with Gasteiger partial charge in [0.15, 0.2) is 5.69 Å². The molecule has 2 rings (SSSR count). The molecule has 2 aromatic rings. The van der Waals surface area contributed by atoms with Gasteiger partial charge in [-0.15, -0.1) is 0 Å². The monoisotopic (exact) mass is 315 g/mol. The molecule has 0 saturated carbocycles. The number of amides is 1. The number of carboxylic acids is 1. The first kappa shape index (κ1) is 16.4. The molecule has 0 saturated heterocycles. The molecule has 0 aliphatic rings. The van der Waals surface area contributed by atoms with E-state index in [1.54, 1.807) is 38.1 Å². The molecule has 1 heterocycles. The average Bonchev–Trinajstić information content (AvgIpc) is 2.51. The lowest BCUT2D eigenvalue weighted by Gasteiger charge is -2.14. The highest BCUT2D eigenvalue weighted by molar-refractivity contribution is 5.94. The summed E-state index contributed by atoms with van der Waals surface area (Å²) < 4.78 is 0. The quantitative estimate of drug-likeness (QED) is 0.756. The van der Waals surface area contributed by atoms with Crippen molar-refractivity contribution in [2.45, 2.75) is 26.3 Å². The van der Waals surface area contributed by atoms with E-state index in [0.29, 0.717) is 11.4 Å². The lowest BCUT2D eigenvalue weighted by Crippen LogP contribution is -2.44. The number of H-pyrrole nitrogens is 1. The highest BCUT2D eigenvalue weighted by Crippen LogP contribution is 2.04. The van der Waals surface area contributed by atoms with Gasteiger partial charge in [0.2, 0.25) is 0 Å². The minimum atomic E-state index is -1.18. The summed E-state index contributed by atoms with van der Waals surface area (Å²) in [6, 6.07) is 7.77. The molecule has 7 nitrogen and oxygen atoms in total. The number of benzene rings is 1. The van der Waals surface area contributed by atoms with Gasteiger partial charge in [-0.1, -0.05) is 30.3 Å². The third-order valence-electron chi connectivity index (χ3n) is 3.44. The molecule has 1 atom stereocenters. The van der Waals surface area contributed by atoms with Crippen LogP contribution in [0, 0.1) is 13.8 Å². The number of hydrogen-bond acceptors (Lipinski definition) is 4. The third kappa shape index (κ3) is 4.03. The molecule has 7 heteroatoms. The number of aromatic nitrogens is 2. The molecule has 3 N–H and O–H groups in total. The van der Waals surface area contributed by atoms with Gasteiger partial charge in [-0.05, 0) is 19.4 Å². The molecule has 1 amide bonds. The second-order valence-corrected chi connectivity index (χ2v) is 5.18. The van der Waals surface area contributed by atoms with E-state index in [9.17, 15) is 19.5 Å². The molecule has 0 spiro atoms. The zero-order chi connectivity index (χ0) is 17.0. The van der Waals surface area contributed by atoms with Crippen LogP contribution in [-0.2, 0) is 11.2 Å². The molecule has 0 aliphatic heterocycles. The Kier molecular flexibility index (Phi) is 4.90. The highest BCUT2D eigenvalue weighted by atomic mass is 16.4. The first-order valence-electron chi connectivity index (χ1n) is 7.03. The Labute approximate surface area is 132 Å². The van der Waals surface area contributed by atoms with Crippen LogP contribution < -0.4 is 10.9 Å². The van der Waals surface area contributed by atoms with E-state index < -0.39 is 23.5 Å². The van der Waals surface area contributed by atoms with Crippen LogP contribution >= 0.6 is 0 Å². The van der Waals surface area contributed by atoms with Crippen molar-refractivity contribution >= 4 is 11.9 Å². The SMILES string of the molecule is Cc1nc(C(=O)N[C@@H](Cc2ccccc2)C(=O)O)c(=O)[nH]c1C. The number of hydrogen-bond donors (Lipinski definition) is 3. The molecule has 0 aliphatic carbocycles. The third-order valence-corrected chi connectivity index (χ3v) is 3.44. The zero-order valence-electron chi connectivity index (χ0n) is 12.8. The fraction of sp³-hybridized carbons (Fsp3) is 0.250. The second kappa shape index (κ2) is 6.87. The molecule has 0 bridgehead atoms. The summed E-state index contributed by atoms with van der Waals surface area (Å²) in [4.78, 5) is 41.8. The van der Waals surface area contributed by atoms with Crippen molar-refractivity contribution in [2.24, 2.45) is 0 Å². The topological polar surface area (TPSA) is 112 Å². The number of aromatic amines is 1. The number of rotatable bonds is 5.